The van der Waals surface area contributed by atoms with E-state index < -0.39 is 10.0 Å². The fraction of sp³-hybridized carbons (Fsp3) is 0.265. The van der Waals surface area contributed by atoms with Gasteiger partial charge in [0.05, 0.1) is 22.8 Å². The molecule has 0 atom stereocenters. The van der Waals surface area contributed by atoms with Gasteiger partial charge in [-0.1, -0.05) is 29.2 Å². The van der Waals surface area contributed by atoms with Crippen LogP contribution in [0.15, 0.2) is 67.8 Å². The molecule has 15 nitrogen and oxygen atoms in total. The van der Waals surface area contributed by atoms with Crippen molar-refractivity contribution in [1.29, 1.82) is 0 Å². The summed E-state index contributed by atoms with van der Waals surface area (Å²) >= 11 is 5.65. The van der Waals surface area contributed by atoms with Gasteiger partial charge >= 0.3 is 0 Å². The summed E-state index contributed by atoms with van der Waals surface area (Å²) in [4.78, 5) is 24.9. The Hall–Kier alpha value is -5.61. The largest absolute Gasteiger partial charge is 0.383 e. The van der Waals surface area contributed by atoms with Gasteiger partial charge in [0.1, 0.15) is 23.4 Å². The molecule has 6 N–H and O–H groups in total. The molecular weight excluding hydrogens is 692 g/mol. The van der Waals surface area contributed by atoms with Crippen molar-refractivity contribution in [3.05, 3.63) is 90.3 Å². The van der Waals surface area contributed by atoms with E-state index in [0.29, 0.717) is 57.8 Å². The van der Waals surface area contributed by atoms with Crippen molar-refractivity contribution in [2.45, 2.75) is 52.6 Å². The number of halogens is 1. The molecule has 2 aromatic carbocycles. The van der Waals surface area contributed by atoms with Crippen LogP contribution in [0.5, 0.6) is 0 Å². The highest BCUT2D eigenvalue weighted by molar-refractivity contribution is 8.00. The summed E-state index contributed by atoms with van der Waals surface area (Å²) in [5.74, 6) is -0.0414. The van der Waals surface area contributed by atoms with Gasteiger partial charge in [-0.05, 0) is 69.7 Å². The van der Waals surface area contributed by atoms with E-state index in [4.69, 9.17) is 33.3 Å². The molecule has 0 saturated carbocycles. The van der Waals surface area contributed by atoms with Crippen molar-refractivity contribution in [3.63, 3.8) is 0 Å². The molecule has 0 saturated heterocycles. The molecule has 0 aliphatic heterocycles. The Kier molecular flexibility index (Phi) is 9.64. The average Bonchev–Trinajstić information content (AvgIpc) is 3.65. The SMILES string of the molecule is C=C([n+]1cnc2c(c(Cc3cccc(NC(=O)CCl)c3)nn2C(C)C)c1N)S(=O)(=O)Nc1ccc(Cc2nn(C(C)C)c3ncnc(N)c23)cc1. The first kappa shape index (κ1) is 35.2. The maximum absolute atomic E-state index is 13.6. The Balaban J connectivity index is 1.26. The predicted octanol–water partition coefficient (Wildman–Crippen LogP) is 4.41. The van der Waals surface area contributed by atoms with Crippen molar-refractivity contribution in [2.75, 3.05) is 27.4 Å². The lowest BCUT2D eigenvalue weighted by Gasteiger charge is -2.12. The van der Waals surface area contributed by atoms with Gasteiger partial charge in [-0.15, -0.1) is 11.6 Å². The van der Waals surface area contributed by atoms with Crippen LogP contribution < -0.4 is 26.1 Å². The van der Waals surface area contributed by atoms with Gasteiger partial charge in [-0.25, -0.2) is 19.3 Å². The topological polar surface area (TPSA) is 205 Å². The van der Waals surface area contributed by atoms with Crippen LogP contribution in [-0.4, -0.2) is 54.7 Å². The second kappa shape index (κ2) is 14.0. The number of sulfonamides is 1. The minimum atomic E-state index is -4.20. The van der Waals surface area contributed by atoms with Crippen LogP contribution in [-0.2, 0) is 27.7 Å². The van der Waals surface area contributed by atoms with Gasteiger partial charge in [-0.2, -0.15) is 23.2 Å². The molecular formula is C34H38ClN12O3S+. The predicted molar refractivity (Wildman–Crippen MR) is 198 cm³/mol. The summed E-state index contributed by atoms with van der Waals surface area (Å²) in [5.41, 5.74) is 17.9. The summed E-state index contributed by atoms with van der Waals surface area (Å²) in [6.45, 7) is 11.8. The number of nitrogens with one attached hydrogen (secondary N) is 2. The van der Waals surface area contributed by atoms with E-state index in [-0.39, 0.29) is 34.7 Å². The number of rotatable bonds is 12. The number of nitrogen functional groups attached to an aromatic ring is 2. The summed E-state index contributed by atoms with van der Waals surface area (Å²) in [6, 6.07) is 14.2. The number of alkyl halides is 1. The van der Waals surface area contributed by atoms with Crippen molar-refractivity contribution in [2.24, 2.45) is 0 Å². The minimum absolute atomic E-state index is 0.0646. The molecule has 0 bridgehead atoms. The van der Waals surface area contributed by atoms with Gasteiger partial charge in [0, 0.05) is 30.3 Å². The van der Waals surface area contributed by atoms with E-state index in [1.54, 1.807) is 35.0 Å². The fourth-order valence-electron chi connectivity index (χ4n) is 5.76. The highest BCUT2D eigenvalue weighted by atomic mass is 35.5. The van der Waals surface area contributed by atoms with E-state index in [2.05, 4.69) is 31.6 Å². The molecule has 4 aromatic heterocycles. The fourth-order valence-corrected chi connectivity index (χ4v) is 6.80. The van der Waals surface area contributed by atoms with Crippen LogP contribution in [0.2, 0.25) is 0 Å². The summed E-state index contributed by atoms with van der Waals surface area (Å²) in [6.07, 6.45) is 3.51. The van der Waals surface area contributed by atoms with Crippen molar-refractivity contribution >= 4 is 77.6 Å². The van der Waals surface area contributed by atoms with Gasteiger partial charge in [0.2, 0.25) is 28.7 Å². The Bertz CT molecular complexity index is 2400. The maximum Gasteiger partial charge on any atom is 0.291 e. The number of nitrogens with zero attached hydrogens (tertiary/aromatic N) is 8. The lowest BCUT2D eigenvalue weighted by molar-refractivity contribution is -0.559. The molecule has 0 spiro atoms. The van der Waals surface area contributed by atoms with Crippen molar-refractivity contribution in [1.82, 2.24) is 34.5 Å². The zero-order chi connectivity index (χ0) is 36.6. The maximum atomic E-state index is 13.6. The van der Waals surface area contributed by atoms with E-state index in [0.717, 1.165) is 16.8 Å². The number of anilines is 4. The molecule has 51 heavy (non-hydrogen) atoms. The molecule has 264 valence electrons. The number of benzene rings is 2. The highest BCUT2D eigenvalue weighted by Crippen LogP contribution is 2.29. The van der Waals surface area contributed by atoms with E-state index >= 15 is 0 Å². The number of carbonyl (C=O) groups excluding carboxylic acids is 1. The third-order valence-electron chi connectivity index (χ3n) is 8.20. The quantitative estimate of drug-likeness (QED) is 0.103. The first-order valence-corrected chi connectivity index (χ1v) is 18.1. The number of carbonyl (C=O) groups is 1. The molecule has 6 rings (SSSR count). The third kappa shape index (κ3) is 7.05. The molecule has 6 aromatic rings. The standard InChI is InChI=1S/C34H37ClN12O3S/c1-19(2)46-33-29(31(36)38-17-39-33)26(42-46)14-22-9-11-24(12-10-22)44-51(49,50)21(5)45-18-40-34-30(32(45)37)27(43-47(34)20(3)4)15-23-7-6-8-25(13-23)41-28(48)16-35/h6-13,17-20,37,44H,5,14-16H2,1-4H3,(H3,36,38,39,41,42,48)/p+1. The normalized spacial score (nSPS) is 11.9. The monoisotopic (exact) mass is 729 g/mol. The Morgan fingerprint density at radius 1 is 0.882 bits per heavy atom. The van der Waals surface area contributed by atoms with Crippen LogP contribution >= 0.6 is 11.6 Å². The number of nitrogens with two attached hydrogens (primary N) is 2. The minimum Gasteiger partial charge on any atom is -0.383 e. The number of aromatic nitrogens is 8. The van der Waals surface area contributed by atoms with Gasteiger partial charge in [0.25, 0.3) is 10.0 Å². The zero-order valence-corrected chi connectivity index (χ0v) is 30.1. The second-order valence-corrected chi connectivity index (χ2v) is 14.5. The summed E-state index contributed by atoms with van der Waals surface area (Å²) < 4.78 is 34.6. The first-order valence-electron chi connectivity index (χ1n) is 16.1. The third-order valence-corrected chi connectivity index (χ3v) is 9.76. The molecule has 0 fully saturated rings. The lowest BCUT2D eigenvalue weighted by atomic mass is 10.1. The van der Waals surface area contributed by atoms with Crippen LogP contribution in [0.1, 0.15) is 62.3 Å². The molecule has 0 aliphatic rings. The van der Waals surface area contributed by atoms with Crippen molar-refractivity contribution < 1.29 is 17.8 Å². The lowest BCUT2D eigenvalue weighted by Crippen LogP contribution is -2.41. The molecule has 1 amide bonds. The first-order chi connectivity index (χ1) is 24.3. The van der Waals surface area contributed by atoms with Crippen LogP contribution in [0.4, 0.5) is 23.0 Å². The number of hydrogen-bond acceptors (Lipinski definition) is 10. The van der Waals surface area contributed by atoms with Crippen LogP contribution in [0, 0.1) is 0 Å². The molecule has 17 heteroatoms. The Morgan fingerprint density at radius 2 is 1.51 bits per heavy atom. The number of hydrogen-bond donors (Lipinski definition) is 4. The molecule has 0 unspecified atom stereocenters. The number of fused-ring (bicyclic) bond motifs is 2. The molecule has 0 radical (unpaired) electrons. The van der Waals surface area contributed by atoms with Crippen LogP contribution in [0.3, 0.4) is 0 Å². The Morgan fingerprint density at radius 3 is 2.16 bits per heavy atom. The van der Waals surface area contributed by atoms with Gasteiger partial charge in [-0.3, -0.25) is 9.52 Å². The van der Waals surface area contributed by atoms with E-state index in [1.807, 2.05) is 50.6 Å². The smallest absolute Gasteiger partial charge is 0.291 e. The van der Waals surface area contributed by atoms with Gasteiger partial charge in [0.15, 0.2) is 5.65 Å². The zero-order valence-electron chi connectivity index (χ0n) is 28.5. The molecule has 4 heterocycles. The average molecular weight is 730 g/mol. The molecule has 0 aliphatic carbocycles. The summed E-state index contributed by atoms with van der Waals surface area (Å²) in [7, 11) is -4.20. The highest BCUT2D eigenvalue weighted by Gasteiger charge is 2.29. The van der Waals surface area contributed by atoms with Crippen molar-refractivity contribution in [3.8, 4) is 0 Å². The number of amides is 1. The van der Waals surface area contributed by atoms with Crippen LogP contribution in [0.25, 0.3) is 27.1 Å². The van der Waals surface area contributed by atoms with E-state index in [1.165, 1.54) is 17.2 Å². The summed E-state index contributed by atoms with van der Waals surface area (Å²) in [5, 5.41) is 13.1. The van der Waals surface area contributed by atoms with Gasteiger partial charge < -0.3 is 16.8 Å². The second-order valence-electron chi connectivity index (χ2n) is 12.6. The Labute approximate surface area is 299 Å². The van der Waals surface area contributed by atoms with E-state index in [9.17, 15) is 13.2 Å².